The minimum absolute atomic E-state index is 0.0561. The van der Waals surface area contributed by atoms with Gasteiger partial charge in [0.05, 0.1) is 16.3 Å². The van der Waals surface area contributed by atoms with Crippen molar-refractivity contribution in [2.24, 2.45) is 0 Å². The van der Waals surface area contributed by atoms with E-state index in [0.717, 1.165) is 5.56 Å². The first-order valence-electron chi connectivity index (χ1n) is 8.07. The number of hydrogen-bond donors (Lipinski definition) is 2. The van der Waals surface area contributed by atoms with E-state index in [1.165, 1.54) is 6.07 Å². The summed E-state index contributed by atoms with van der Waals surface area (Å²) in [6.07, 6.45) is 4.25. The molecule has 3 aromatic rings. The zero-order valence-corrected chi connectivity index (χ0v) is 14.5. The van der Waals surface area contributed by atoms with E-state index in [9.17, 15) is 13.2 Å². The summed E-state index contributed by atoms with van der Waals surface area (Å²) in [5.74, 6) is -0.0561. The highest BCUT2D eigenvalue weighted by Gasteiger charge is 2.21. The van der Waals surface area contributed by atoms with Gasteiger partial charge in [0.2, 0.25) is 5.91 Å². The Labute approximate surface area is 150 Å². The lowest BCUT2D eigenvalue weighted by Crippen LogP contribution is -2.20. The Bertz CT molecular complexity index is 1080. The van der Waals surface area contributed by atoms with Crippen LogP contribution in [-0.4, -0.2) is 24.1 Å². The molecule has 2 heterocycles. The summed E-state index contributed by atoms with van der Waals surface area (Å²) in [6, 6.07) is 13.5. The van der Waals surface area contributed by atoms with E-state index in [1.54, 1.807) is 53.5 Å². The van der Waals surface area contributed by atoms with Crippen molar-refractivity contribution in [2.45, 2.75) is 17.7 Å². The van der Waals surface area contributed by atoms with E-state index in [0.29, 0.717) is 29.9 Å². The molecule has 0 fully saturated rings. The van der Waals surface area contributed by atoms with E-state index in [-0.39, 0.29) is 10.8 Å². The van der Waals surface area contributed by atoms with Gasteiger partial charge in [0.1, 0.15) is 0 Å². The molecule has 0 radical (unpaired) electrons. The van der Waals surface area contributed by atoms with Crippen LogP contribution in [0.2, 0.25) is 0 Å². The summed E-state index contributed by atoms with van der Waals surface area (Å²) >= 11 is 0. The van der Waals surface area contributed by atoms with Crippen molar-refractivity contribution in [3.8, 4) is 5.69 Å². The van der Waals surface area contributed by atoms with Crippen molar-refractivity contribution in [1.82, 2.24) is 9.78 Å². The van der Waals surface area contributed by atoms with Crippen molar-refractivity contribution in [2.75, 3.05) is 10.0 Å². The van der Waals surface area contributed by atoms with Crippen LogP contribution in [0.15, 0.2) is 65.8 Å². The van der Waals surface area contributed by atoms with Crippen LogP contribution in [0.1, 0.15) is 12.0 Å². The molecule has 132 valence electrons. The fourth-order valence-electron chi connectivity index (χ4n) is 2.90. The molecular weight excluding hydrogens is 352 g/mol. The molecule has 1 aromatic heterocycles. The van der Waals surface area contributed by atoms with Crippen LogP contribution in [-0.2, 0) is 21.2 Å². The lowest BCUT2D eigenvalue weighted by molar-refractivity contribution is -0.116. The quantitative estimate of drug-likeness (QED) is 0.740. The first-order valence-corrected chi connectivity index (χ1v) is 9.56. The number of para-hydroxylation sites is 2. The number of sulfonamides is 1. The third kappa shape index (κ3) is 3.06. The first kappa shape index (κ1) is 16.3. The number of aromatic nitrogens is 2. The van der Waals surface area contributed by atoms with Crippen LogP contribution in [0.5, 0.6) is 0 Å². The SMILES string of the molecule is O=C1CCc2cc(S(=O)(=O)Nc3ccccc3-n3cccn3)ccc2N1. The lowest BCUT2D eigenvalue weighted by atomic mass is 10.0. The molecule has 0 saturated heterocycles. The molecule has 1 amide bonds. The predicted molar refractivity (Wildman–Crippen MR) is 97.8 cm³/mol. The molecular formula is C18H16N4O3S. The highest BCUT2D eigenvalue weighted by Crippen LogP contribution is 2.28. The van der Waals surface area contributed by atoms with Crippen LogP contribution in [0.4, 0.5) is 11.4 Å². The Morgan fingerprint density at radius 2 is 1.92 bits per heavy atom. The second kappa shape index (κ2) is 6.30. The number of amides is 1. The molecule has 0 spiro atoms. The Balaban J connectivity index is 1.68. The molecule has 2 N–H and O–H groups in total. The van der Waals surface area contributed by atoms with Crippen LogP contribution in [0.25, 0.3) is 5.69 Å². The normalized spacial score (nSPS) is 13.8. The van der Waals surface area contributed by atoms with Gasteiger partial charge >= 0.3 is 0 Å². The third-order valence-electron chi connectivity index (χ3n) is 4.18. The van der Waals surface area contributed by atoms with Gasteiger partial charge in [-0.2, -0.15) is 5.10 Å². The number of hydrogen-bond acceptors (Lipinski definition) is 4. The highest BCUT2D eigenvalue weighted by molar-refractivity contribution is 7.92. The first-order chi connectivity index (χ1) is 12.5. The maximum atomic E-state index is 12.8. The second-order valence-corrected chi connectivity index (χ2v) is 7.62. The standard InChI is InChI=1S/C18H16N4O3S/c23-18-9-6-13-12-14(7-8-15(13)20-18)26(24,25)21-16-4-1-2-5-17(16)22-11-3-10-19-22/h1-5,7-8,10-12,21H,6,9H2,(H,20,23). The number of anilines is 2. The maximum Gasteiger partial charge on any atom is 0.261 e. The molecule has 0 unspecified atom stereocenters. The fraction of sp³-hybridized carbons (Fsp3) is 0.111. The average Bonchev–Trinajstić information content (AvgIpc) is 3.16. The summed E-state index contributed by atoms with van der Waals surface area (Å²) in [5, 5.41) is 6.91. The predicted octanol–water partition coefficient (Wildman–Crippen LogP) is 2.56. The van der Waals surface area contributed by atoms with Crippen LogP contribution >= 0.6 is 0 Å². The second-order valence-electron chi connectivity index (χ2n) is 5.94. The van der Waals surface area contributed by atoms with Crippen molar-refractivity contribution in [1.29, 1.82) is 0 Å². The van der Waals surface area contributed by atoms with Crippen molar-refractivity contribution in [3.63, 3.8) is 0 Å². The minimum atomic E-state index is -3.78. The van der Waals surface area contributed by atoms with E-state index in [4.69, 9.17) is 0 Å². The molecule has 1 aliphatic heterocycles. The highest BCUT2D eigenvalue weighted by atomic mass is 32.2. The van der Waals surface area contributed by atoms with Gasteiger partial charge in [0, 0.05) is 24.5 Å². The van der Waals surface area contributed by atoms with Crippen molar-refractivity contribution in [3.05, 3.63) is 66.5 Å². The lowest BCUT2D eigenvalue weighted by Gasteiger charge is -2.18. The number of fused-ring (bicyclic) bond motifs is 1. The number of carbonyl (C=O) groups is 1. The maximum absolute atomic E-state index is 12.8. The van der Waals surface area contributed by atoms with Crippen molar-refractivity contribution >= 4 is 27.3 Å². The number of nitrogens with zero attached hydrogens (tertiary/aromatic N) is 2. The molecule has 26 heavy (non-hydrogen) atoms. The number of rotatable bonds is 4. The minimum Gasteiger partial charge on any atom is -0.326 e. The largest absolute Gasteiger partial charge is 0.326 e. The Morgan fingerprint density at radius 1 is 1.08 bits per heavy atom. The molecule has 0 atom stereocenters. The van der Waals surface area contributed by atoms with Crippen LogP contribution in [0, 0.1) is 0 Å². The van der Waals surface area contributed by atoms with E-state index in [2.05, 4.69) is 15.1 Å². The molecule has 0 saturated carbocycles. The summed E-state index contributed by atoms with van der Waals surface area (Å²) < 4.78 is 29.9. The Morgan fingerprint density at radius 3 is 2.73 bits per heavy atom. The van der Waals surface area contributed by atoms with Gasteiger partial charge in [0.15, 0.2) is 0 Å². The Hall–Kier alpha value is -3.13. The van der Waals surface area contributed by atoms with Crippen molar-refractivity contribution < 1.29 is 13.2 Å². The van der Waals surface area contributed by atoms with Gasteiger partial charge in [-0.15, -0.1) is 0 Å². The topological polar surface area (TPSA) is 93.1 Å². The summed E-state index contributed by atoms with van der Waals surface area (Å²) in [6.45, 7) is 0. The van der Waals surface area contributed by atoms with Gasteiger partial charge in [-0.3, -0.25) is 9.52 Å². The molecule has 4 rings (SSSR count). The zero-order valence-electron chi connectivity index (χ0n) is 13.7. The van der Waals surface area contributed by atoms with Gasteiger partial charge in [-0.1, -0.05) is 12.1 Å². The zero-order chi connectivity index (χ0) is 18.1. The molecule has 2 aromatic carbocycles. The van der Waals surface area contributed by atoms with Crippen LogP contribution < -0.4 is 10.0 Å². The van der Waals surface area contributed by atoms with Crippen LogP contribution in [0.3, 0.4) is 0 Å². The molecule has 0 bridgehead atoms. The van der Waals surface area contributed by atoms with Gasteiger partial charge in [0.25, 0.3) is 10.0 Å². The number of nitrogens with one attached hydrogen (secondary N) is 2. The Kier molecular flexibility index (Phi) is 3.96. The molecule has 1 aliphatic rings. The van der Waals surface area contributed by atoms with Gasteiger partial charge < -0.3 is 5.32 Å². The summed E-state index contributed by atoms with van der Waals surface area (Å²) in [5.41, 5.74) is 2.54. The van der Waals surface area contributed by atoms with E-state index < -0.39 is 10.0 Å². The van der Waals surface area contributed by atoms with Gasteiger partial charge in [-0.05, 0) is 48.4 Å². The average molecular weight is 368 g/mol. The molecule has 0 aliphatic carbocycles. The smallest absolute Gasteiger partial charge is 0.261 e. The molecule has 8 heteroatoms. The monoisotopic (exact) mass is 368 g/mol. The summed E-state index contributed by atoms with van der Waals surface area (Å²) in [4.78, 5) is 11.6. The van der Waals surface area contributed by atoms with E-state index in [1.807, 2.05) is 6.07 Å². The summed E-state index contributed by atoms with van der Waals surface area (Å²) in [7, 11) is -3.78. The van der Waals surface area contributed by atoms with E-state index >= 15 is 0 Å². The number of aryl methyl sites for hydroxylation is 1. The third-order valence-corrected chi connectivity index (χ3v) is 5.55. The number of benzene rings is 2. The molecule has 7 nitrogen and oxygen atoms in total. The fourth-order valence-corrected chi connectivity index (χ4v) is 4.03. The van der Waals surface area contributed by atoms with Gasteiger partial charge in [-0.25, -0.2) is 13.1 Å². The number of carbonyl (C=O) groups excluding carboxylic acids is 1.